The van der Waals surface area contributed by atoms with Gasteiger partial charge in [-0.1, -0.05) is 85.8 Å². The highest BCUT2D eigenvalue weighted by Gasteiger charge is 2.21. The number of aliphatic hydroxyl groups excluding tert-OH is 1. The number of hydrogen-bond donors (Lipinski definition) is 1. The van der Waals surface area contributed by atoms with E-state index in [0.29, 0.717) is 13.2 Å². The van der Waals surface area contributed by atoms with Crippen molar-refractivity contribution in [2.24, 2.45) is 11.8 Å². The zero-order chi connectivity index (χ0) is 17.2. The first-order valence-electron chi connectivity index (χ1n) is 8.36. The van der Waals surface area contributed by atoms with Gasteiger partial charge in [0.05, 0.1) is 19.3 Å². The monoisotopic (exact) mass is 322 g/mol. The Labute approximate surface area is 145 Å². The van der Waals surface area contributed by atoms with Crippen LogP contribution in [0.1, 0.15) is 18.1 Å². The summed E-state index contributed by atoms with van der Waals surface area (Å²) in [4.78, 5) is 0. The van der Waals surface area contributed by atoms with Crippen molar-refractivity contribution in [1.82, 2.24) is 0 Å². The third-order valence-corrected chi connectivity index (χ3v) is 4.11. The van der Waals surface area contributed by atoms with Gasteiger partial charge in [-0.15, -0.1) is 6.58 Å². The number of benzene rings is 2. The molecule has 0 bridgehead atoms. The lowest BCUT2D eigenvalue weighted by molar-refractivity contribution is 0.0254. The first-order valence-corrected chi connectivity index (χ1v) is 8.36. The minimum absolute atomic E-state index is 0.00995. The molecule has 0 aliphatic rings. The lowest BCUT2D eigenvalue weighted by Crippen LogP contribution is -2.28. The molecule has 2 heteroatoms. The van der Waals surface area contributed by atoms with Crippen LogP contribution in [-0.2, 0) is 11.3 Å². The molecular formula is C22H26O2. The summed E-state index contributed by atoms with van der Waals surface area (Å²) in [5.74, 6) is -0.0716. The van der Waals surface area contributed by atoms with E-state index in [-0.39, 0.29) is 11.8 Å². The van der Waals surface area contributed by atoms with E-state index in [0.717, 1.165) is 11.1 Å². The standard InChI is InChI=1S/C22H26O2/c1-3-18(2)22(23)21(15-14-19-10-6-4-7-11-19)17-24-16-20-12-8-5-9-13-20/h3-15,18,21-23H,1,16-17H2,2H3/b15-14+/t18-,21?,22+/m1/s1. The Morgan fingerprint density at radius 3 is 2.29 bits per heavy atom. The molecule has 2 rings (SSSR count). The summed E-state index contributed by atoms with van der Waals surface area (Å²) in [7, 11) is 0. The summed E-state index contributed by atoms with van der Waals surface area (Å²) in [6.07, 6.45) is 5.34. The molecule has 0 aromatic heterocycles. The molecule has 1 N–H and O–H groups in total. The van der Waals surface area contributed by atoms with Gasteiger partial charge in [0.1, 0.15) is 0 Å². The van der Waals surface area contributed by atoms with Crippen LogP contribution in [0.5, 0.6) is 0 Å². The molecule has 0 radical (unpaired) electrons. The van der Waals surface area contributed by atoms with Gasteiger partial charge in [-0.05, 0) is 11.1 Å². The number of aliphatic hydroxyl groups is 1. The van der Waals surface area contributed by atoms with Crippen molar-refractivity contribution < 1.29 is 9.84 Å². The van der Waals surface area contributed by atoms with Gasteiger partial charge in [0.25, 0.3) is 0 Å². The maximum Gasteiger partial charge on any atom is 0.0717 e. The fourth-order valence-electron chi connectivity index (χ4n) is 2.48. The Morgan fingerprint density at radius 1 is 1.04 bits per heavy atom. The molecule has 0 aliphatic carbocycles. The average Bonchev–Trinajstić information content (AvgIpc) is 2.65. The second-order valence-electron chi connectivity index (χ2n) is 6.02. The van der Waals surface area contributed by atoms with E-state index in [4.69, 9.17) is 4.74 Å². The molecule has 24 heavy (non-hydrogen) atoms. The Bertz CT molecular complexity index is 619. The second kappa shape index (κ2) is 9.86. The smallest absolute Gasteiger partial charge is 0.0717 e. The summed E-state index contributed by atoms with van der Waals surface area (Å²) in [6, 6.07) is 20.2. The normalized spacial score (nSPS) is 15.1. The van der Waals surface area contributed by atoms with Gasteiger partial charge >= 0.3 is 0 Å². The van der Waals surface area contributed by atoms with Gasteiger partial charge in [-0.3, -0.25) is 0 Å². The molecule has 0 saturated heterocycles. The van der Waals surface area contributed by atoms with Crippen LogP contribution in [0.2, 0.25) is 0 Å². The summed E-state index contributed by atoms with van der Waals surface area (Å²) < 4.78 is 5.84. The van der Waals surface area contributed by atoms with E-state index in [1.54, 1.807) is 6.08 Å². The number of rotatable bonds is 9. The molecule has 3 atom stereocenters. The third-order valence-electron chi connectivity index (χ3n) is 4.11. The van der Waals surface area contributed by atoms with Crippen molar-refractivity contribution in [1.29, 1.82) is 0 Å². The highest BCUT2D eigenvalue weighted by atomic mass is 16.5. The highest BCUT2D eigenvalue weighted by Crippen LogP contribution is 2.18. The van der Waals surface area contributed by atoms with Crippen LogP contribution in [-0.4, -0.2) is 17.8 Å². The van der Waals surface area contributed by atoms with E-state index >= 15 is 0 Å². The Morgan fingerprint density at radius 2 is 1.67 bits per heavy atom. The highest BCUT2D eigenvalue weighted by molar-refractivity contribution is 5.49. The fourth-order valence-corrected chi connectivity index (χ4v) is 2.48. The first kappa shape index (κ1) is 18.2. The number of ether oxygens (including phenoxy) is 1. The minimum atomic E-state index is -0.516. The lowest BCUT2D eigenvalue weighted by Gasteiger charge is -2.23. The van der Waals surface area contributed by atoms with Crippen LogP contribution in [0.3, 0.4) is 0 Å². The second-order valence-corrected chi connectivity index (χ2v) is 6.02. The van der Waals surface area contributed by atoms with Crippen molar-refractivity contribution in [3.05, 3.63) is 90.5 Å². The molecule has 2 nitrogen and oxygen atoms in total. The van der Waals surface area contributed by atoms with E-state index < -0.39 is 6.10 Å². The van der Waals surface area contributed by atoms with Crippen molar-refractivity contribution in [2.45, 2.75) is 19.6 Å². The fraction of sp³-hybridized carbons (Fsp3) is 0.273. The largest absolute Gasteiger partial charge is 0.392 e. The third kappa shape index (κ3) is 5.80. The van der Waals surface area contributed by atoms with Gasteiger partial charge in [0.15, 0.2) is 0 Å². The molecule has 0 aliphatic heterocycles. The molecule has 2 aromatic rings. The van der Waals surface area contributed by atoms with Crippen LogP contribution >= 0.6 is 0 Å². The first-order chi connectivity index (χ1) is 11.7. The topological polar surface area (TPSA) is 29.5 Å². The maximum absolute atomic E-state index is 10.6. The summed E-state index contributed by atoms with van der Waals surface area (Å²) in [5.41, 5.74) is 2.25. The van der Waals surface area contributed by atoms with Crippen LogP contribution in [0, 0.1) is 11.8 Å². The molecular weight excluding hydrogens is 296 g/mol. The van der Waals surface area contributed by atoms with Gasteiger partial charge in [-0.2, -0.15) is 0 Å². The quantitative estimate of drug-likeness (QED) is 0.677. The summed E-state index contributed by atoms with van der Waals surface area (Å²) in [6.45, 7) is 6.77. The summed E-state index contributed by atoms with van der Waals surface area (Å²) >= 11 is 0. The molecule has 126 valence electrons. The zero-order valence-electron chi connectivity index (χ0n) is 14.2. The van der Waals surface area contributed by atoms with E-state index in [9.17, 15) is 5.11 Å². The average molecular weight is 322 g/mol. The SMILES string of the molecule is C=C[C@@H](C)[C@H](O)C(/C=C/c1ccccc1)COCc1ccccc1. The Hall–Kier alpha value is -2.16. The molecule has 0 heterocycles. The molecule has 0 saturated carbocycles. The van der Waals surface area contributed by atoms with E-state index in [2.05, 4.69) is 6.58 Å². The Kier molecular flexibility index (Phi) is 7.47. The van der Waals surface area contributed by atoms with Gasteiger partial charge in [0, 0.05) is 11.8 Å². The van der Waals surface area contributed by atoms with Crippen molar-refractivity contribution >= 4 is 6.08 Å². The molecule has 0 spiro atoms. The van der Waals surface area contributed by atoms with Crippen molar-refractivity contribution in [3.63, 3.8) is 0 Å². The predicted molar refractivity (Wildman–Crippen MR) is 100 cm³/mol. The van der Waals surface area contributed by atoms with Crippen LogP contribution < -0.4 is 0 Å². The molecule has 2 aromatic carbocycles. The van der Waals surface area contributed by atoms with Crippen molar-refractivity contribution in [3.8, 4) is 0 Å². The zero-order valence-corrected chi connectivity index (χ0v) is 14.2. The minimum Gasteiger partial charge on any atom is -0.392 e. The van der Waals surface area contributed by atoms with Gasteiger partial charge in [-0.25, -0.2) is 0 Å². The van der Waals surface area contributed by atoms with Crippen LogP contribution in [0.4, 0.5) is 0 Å². The molecule has 0 amide bonds. The van der Waals surface area contributed by atoms with E-state index in [1.807, 2.05) is 79.7 Å². The molecule has 1 unspecified atom stereocenters. The van der Waals surface area contributed by atoms with Gasteiger partial charge < -0.3 is 9.84 Å². The van der Waals surface area contributed by atoms with Crippen molar-refractivity contribution in [2.75, 3.05) is 6.61 Å². The van der Waals surface area contributed by atoms with E-state index in [1.165, 1.54) is 0 Å². The summed E-state index contributed by atoms with van der Waals surface area (Å²) in [5, 5.41) is 10.6. The lowest BCUT2D eigenvalue weighted by atomic mass is 9.92. The van der Waals surface area contributed by atoms with Gasteiger partial charge in [0.2, 0.25) is 0 Å². The maximum atomic E-state index is 10.6. The number of hydrogen-bond acceptors (Lipinski definition) is 2. The Balaban J connectivity index is 1.99. The predicted octanol–water partition coefficient (Wildman–Crippen LogP) is 4.72. The molecule has 0 fully saturated rings. The van der Waals surface area contributed by atoms with Crippen LogP contribution in [0.15, 0.2) is 79.4 Å². The van der Waals surface area contributed by atoms with Crippen LogP contribution in [0.25, 0.3) is 6.08 Å².